The van der Waals surface area contributed by atoms with Gasteiger partial charge in [0.25, 0.3) is 0 Å². The Morgan fingerprint density at radius 3 is 2.84 bits per heavy atom. The summed E-state index contributed by atoms with van der Waals surface area (Å²) >= 11 is 6.12. The summed E-state index contributed by atoms with van der Waals surface area (Å²) in [4.78, 5) is 4.11. The molecule has 3 aromatic rings. The number of nitrogens with zero attached hydrogens (tertiary/aromatic N) is 3. The normalized spacial score (nSPS) is 10.8. The van der Waals surface area contributed by atoms with Gasteiger partial charge in [-0.2, -0.15) is 9.50 Å². The van der Waals surface area contributed by atoms with Crippen molar-refractivity contribution in [2.45, 2.75) is 6.54 Å². The zero-order valence-electron chi connectivity index (χ0n) is 10.0. The lowest BCUT2D eigenvalue weighted by Crippen LogP contribution is -2.05. The number of hydrogen-bond acceptors (Lipinski definition) is 4. The number of pyridine rings is 1. The number of anilines is 2. The molecule has 0 aliphatic rings. The Morgan fingerprint density at radius 2 is 2.00 bits per heavy atom. The standard InChI is InChI=1S/C13H12ClN5/c14-10-5-2-1-4-9(10)8-16-11-6-3-7-12-17-13(15)18-19(11)12/h1-7,16H,8H2,(H2,15,18). The SMILES string of the molecule is Nc1nc2cccc(NCc3ccccc3Cl)n2n1. The molecule has 5 nitrogen and oxygen atoms in total. The molecule has 19 heavy (non-hydrogen) atoms. The molecular weight excluding hydrogens is 262 g/mol. The van der Waals surface area contributed by atoms with Crippen LogP contribution in [0.15, 0.2) is 42.5 Å². The van der Waals surface area contributed by atoms with Gasteiger partial charge in [0.1, 0.15) is 5.82 Å². The van der Waals surface area contributed by atoms with E-state index in [9.17, 15) is 0 Å². The van der Waals surface area contributed by atoms with Crippen LogP contribution in [0.25, 0.3) is 5.65 Å². The first-order valence-electron chi connectivity index (χ1n) is 5.82. The van der Waals surface area contributed by atoms with Gasteiger partial charge in [-0.3, -0.25) is 0 Å². The molecule has 0 saturated heterocycles. The third-order valence-corrected chi connectivity index (χ3v) is 3.16. The van der Waals surface area contributed by atoms with Gasteiger partial charge in [0.2, 0.25) is 5.95 Å². The number of nitrogen functional groups attached to an aromatic ring is 1. The number of nitrogens with two attached hydrogens (primary N) is 1. The summed E-state index contributed by atoms with van der Waals surface area (Å²) in [5.41, 5.74) is 7.33. The number of fused-ring (bicyclic) bond motifs is 1. The second kappa shape index (κ2) is 4.78. The van der Waals surface area contributed by atoms with E-state index < -0.39 is 0 Å². The molecular formula is C13H12ClN5. The Kier molecular flexibility index (Phi) is 2.97. The summed E-state index contributed by atoms with van der Waals surface area (Å²) in [5.74, 6) is 1.08. The van der Waals surface area contributed by atoms with Crippen LogP contribution in [0.2, 0.25) is 5.02 Å². The zero-order valence-corrected chi connectivity index (χ0v) is 10.8. The van der Waals surface area contributed by atoms with E-state index in [1.165, 1.54) is 0 Å². The van der Waals surface area contributed by atoms with E-state index in [1.54, 1.807) is 4.52 Å². The molecule has 2 heterocycles. The van der Waals surface area contributed by atoms with Gasteiger partial charge >= 0.3 is 0 Å². The second-order valence-electron chi connectivity index (χ2n) is 4.10. The van der Waals surface area contributed by atoms with Crippen molar-refractivity contribution in [1.29, 1.82) is 0 Å². The highest BCUT2D eigenvalue weighted by atomic mass is 35.5. The summed E-state index contributed by atoms with van der Waals surface area (Å²) in [6, 6.07) is 13.4. The van der Waals surface area contributed by atoms with Gasteiger partial charge in [-0.25, -0.2) is 0 Å². The minimum Gasteiger partial charge on any atom is -0.366 e. The van der Waals surface area contributed by atoms with Crippen molar-refractivity contribution in [1.82, 2.24) is 14.6 Å². The Morgan fingerprint density at radius 1 is 1.16 bits per heavy atom. The molecule has 0 fully saturated rings. The average molecular weight is 274 g/mol. The molecule has 96 valence electrons. The van der Waals surface area contributed by atoms with E-state index in [-0.39, 0.29) is 5.95 Å². The van der Waals surface area contributed by atoms with Gasteiger partial charge in [0.05, 0.1) is 0 Å². The number of benzene rings is 1. The lowest BCUT2D eigenvalue weighted by atomic mass is 10.2. The number of nitrogens with one attached hydrogen (secondary N) is 1. The van der Waals surface area contributed by atoms with E-state index in [4.69, 9.17) is 17.3 Å². The summed E-state index contributed by atoms with van der Waals surface area (Å²) in [5, 5.41) is 8.15. The summed E-state index contributed by atoms with van der Waals surface area (Å²) in [6.45, 7) is 0.610. The first-order valence-corrected chi connectivity index (χ1v) is 6.20. The van der Waals surface area contributed by atoms with Gasteiger partial charge in [-0.1, -0.05) is 35.9 Å². The van der Waals surface area contributed by atoms with Crippen molar-refractivity contribution >= 4 is 29.0 Å². The minimum atomic E-state index is 0.256. The number of hydrogen-bond donors (Lipinski definition) is 2. The Balaban J connectivity index is 1.88. The monoisotopic (exact) mass is 273 g/mol. The van der Waals surface area contributed by atoms with E-state index in [2.05, 4.69) is 15.4 Å². The molecule has 2 aromatic heterocycles. The lowest BCUT2D eigenvalue weighted by molar-refractivity contribution is 0.949. The molecule has 6 heteroatoms. The molecule has 3 N–H and O–H groups in total. The van der Waals surface area contributed by atoms with E-state index in [0.717, 1.165) is 16.4 Å². The molecule has 0 unspecified atom stereocenters. The molecule has 0 amide bonds. The Hall–Kier alpha value is -2.27. The molecule has 1 aromatic carbocycles. The van der Waals surface area contributed by atoms with Crippen LogP contribution in [0.3, 0.4) is 0 Å². The molecule has 0 radical (unpaired) electrons. The summed E-state index contributed by atoms with van der Waals surface area (Å²) in [6.07, 6.45) is 0. The number of halogens is 1. The molecule has 0 saturated carbocycles. The molecule has 0 atom stereocenters. The van der Waals surface area contributed by atoms with Gasteiger partial charge in [0, 0.05) is 11.6 Å². The van der Waals surface area contributed by atoms with Crippen LogP contribution in [0, 0.1) is 0 Å². The molecule has 0 aliphatic heterocycles. The highest BCUT2D eigenvalue weighted by Crippen LogP contribution is 2.17. The third-order valence-electron chi connectivity index (χ3n) is 2.79. The van der Waals surface area contributed by atoms with E-state index >= 15 is 0 Å². The maximum Gasteiger partial charge on any atom is 0.240 e. The fraction of sp³-hybridized carbons (Fsp3) is 0.0769. The third kappa shape index (κ3) is 2.32. The average Bonchev–Trinajstić information content (AvgIpc) is 2.78. The topological polar surface area (TPSA) is 68.2 Å². The van der Waals surface area contributed by atoms with Crippen LogP contribution in [0.5, 0.6) is 0 Å². The molecule has 3 rings (SSSR count). The second-order valence-corrected chi connectivity index (χ2v) is 4.50. The maximum atomic E-state index is 6.12. The van der Waals surface area contributed by atoms with Crippen molar-refractivity contribution in [3.05, 3.63) is 53.1 Å². The number of rotatable bonds is 3. The Labute approximate surface area is 115 Å². The van der Waals surface area contributed by atoms with Crippen LogP contribution in [0.4, 0.5) is 11.8 Å². The quantitative estimate of drug-likeness (QED) is 0.770. The van der Waals surface area contributed by atoms with Gasteiger partial charge < -0.3 is 11.1 Å². The van der Waals surface area contributed by atoms with Crippen molar-refractivity contribution in [2.24, 2.45) is 0 Å². The van der Waals surface area contributed by atoms with Crippen LogP contribution in [0.1, 0.15) is 5.56 Å². The van der Waals surface area contributed by atoms with Crippen LogP contribution in [-0.4, -0.2) is 14.6 Å². The first-order chi connectivity index (χ1) is 9.24. The predicted molar refractivity (Wildman–Crippen MR) is 76.2 cm³/mol. The van der Waals surface area contributed by atoms with Crippen molar-refractivity contribution in [2.75, 3.05) is 11.1 Å². The highest BCUT2D eigenvalue weighted by molar-refractivity contribution is 6.31. The van der Waals surface area contributed by atoms with Crippen molar-refractivity contribution in [3.8, 4) is 0 Å². The zero-order chi connectivity index (χ0) is 13.2. The van der Waals surface area contributed by atoms with Crippen molar-refractivity contribution in [3.63, 3.8) is 0 Å². The Bertz CT molecular complexity index is 722. The maximum absolute atomic E-state index is 6.12. The first kappa shape index (κ1) is 11.8. The van der Waals surface area contributed by atoms with Gasteiger partial charge in [0.15, 0.2) is 5.65 Å². The number of aromatic nitrogens is 3. The largest absolute Gasteiger partial charge is 0.366 e. The van der Waals surface area contributed by atoms with Gasteiger partial charge in [-0.05, 0) is 23.8 Å². The van der Waals surface area contributed by atoms with E-state index in [1.807, 2.05) is 42.5 Å². The van der Waals surface area contributed by atoms with E-state index in [0.29, 0.717) is 12.2 Å². The van der Waals surface area contributed by atoms with Crippen molar-refractivity contribution < 1.29 is 0 Å². The molecule has 0 spiro atoms. The predicted octanol–water partition coefficient (Wildman–Crippen LogP) is 2.58. The van der Waals surface area contributed by atoms with Crippen LogP contribution >= 0.6 is 11.6 Å². The molecule has 0 bridgehead atoms. The summed E-state index contributed by atoms with van der Waals surface area (Å²) in [7, 11) is 0. The highest BCUT2D eigenvalue weighted by Gasteiger charge is 2.05. The fourth-order valence-electron chi connectivity index (χ4n) is 1.88. The van der Waals surface area contributed by atoms with Crippen LogP contribution in [-0.2, 0) is 6.54 Å². The minimum absolute atomic E-state index is 0.256. The van der Waals surface area contributed by atoms with Crippen LogP contribution < -0.4 is 11.1 Å². The summed E-state index contributed by atoms with van der Waals surface area (Å²) < 4.78 is 1.67. The fourth-order valence-corrected chi connectivity index (χ4v) is 2.09. The molecule has 0 aliphatic carbocycles. The van der Waals surface area contributed by atoms with Gasteiger partial charge in [-0.15, -0.1) is 5.10 Å². The smallest absolute Gasteiger partial charge is 0.240 e. The lowest BCUT2D eigenvalue weighted by Gasteiger charge is -2.08.